The molecule has 9 heteroatoms. The van der Waals surface area contributed by atoms with Gasteiger partial charge in [-0.2, -0.15) is 0 Å². The summed E-state index contributed by atoms with van der Waals surface area (Å²) in [6.07, 6.45) is 5.82. The van der Waals surface area contributed by atoms with E-state index in [0.29, 0.717) is 17.3 Å². The number of aryl methyl sites for hydroxylation is 2. The van der Waals surface area contributed by atoms with Gasteiger partial charge in [-0.15, -0.1) is 21.5 Å². The van der Waals surface area contributed by atoms with Gasteiger partial charge in [-0.05, 0) is 51.3 Å². The molecular formula is C20H20N6OS2. The van der Waals surface area contributed by atoms with E-state index >= 15 is 0 Å². The number of fused-ring (bicyclic) bond motifs is 1. The van der Waals surface area contributed by atoms with Crippen molar-refractivity contribution in [2.75, 3.05) is 0 Å². The van der Waals surface area contributed by atoms with Crippen LogP contribution in [0.15, 0.2) is 34.5 Å². The largest absolute Gasteiger partial charge is 0.309 e. The highest BCUT2D eigenvalue weighted by Gasteiger charge is 2.31. The second-order valence-electron chi connectivity index (χ2n) is 7.32. The van der Waals surface area contributed by atoms with E-state index < -0.39 is 0 Å². The summed E-state index contributed by atoms with van der Waals surface area (Å²) in [4.78, 5) is 26.5. The summed E-state index contributed by atoms with van der Waals surface area (Å²) in [5.74, 6) is 1.51. The molecule has 1 fully saturated rings. The topological polar surface area (TPSA) is 89.3 Å². The summed E-state index contributed by atoms with van der Waals surface area (Å²) in [7, 11) is 0. The standard InChI is InChI=1S/C20H20N6OS2/c1-10-11(2)28-19-15(10)18(27)22-16(23-19)12(3)29-20-25-24-17(26(20)14-6-7-14)13-5-4-8-21-9-13/h4-5,8-9,12,14H,6-7H2,1-3H3,(H,22,23,27)/t12-/m1/s1. The first kappa shape index (κ1) is 18.5. The van der Waals surface area contributed by atoms with E-state index in [4.69, 9.17) is 4.98 Å². The lowest BCUT2D eigenvalue weighted by Crippen LogP contribution is -2.12. The molecule has 0 aliphatic heterocycles. The maximum Gasteiger partial charge on any atom is 0.259 e. The summed E-state index contributed by atoms with van der Waals surface area (Å²) in [6, 6.07) is 4.33. The van der Waals surface area contributed by atoms with Gasteiger partial charge in [0.1, 0.15) is 10.7 Å². The van der Waals surface area contributed by atoms with Gasteiger partial charge in [0, 0.05) is 28.9 Å². The normalized spacial score (nSPS) is 15.1. The highest BCUT2D eigenvalue weighted by atomic mass is 32.2. The smallest absolute Gasteiger partial charge is 0.259 e. The van der Waals surface area contributed by atoms with E-state index in [0.717, 1.165) is 44.7 Å². The fourth-order valence-corrected chi connectivity index (χ4v) is 5.40. The molecule has 5 rings (SSSR count). The van der Waals surface area contributed by atoms with Gasteiger partial charge in [0.05, 0.1) is 10.6 Å². The van der Waals surface area contributed by atoms with Gasteiger partial charge in [0.2, 0.25) is 0 Å². The first-order chi connectivity index (χ1) is 14.0. The number of thioether (sulfide) groups is 1. The molecule has 0 saturated heterocycles. The molecule has 0 amide bonds. The van der Waals surface area contributed by atoms with E-state index in [1.54, 1.807) is 29.3 Å². The van der Waals surface area contributed by atoms with Gasteiger partial charge >= 0.3 is 0 Å². The van der Waals surface area contributed by atoms with E-state index in [-0.39, 0.29) is 10.8 Å². The first-order valence-electron chi connectivity index (χ1n) is 9.54. The molecule has 1 saturated carbocycles. The number of hydrogen-bond donors (Lipinski definition) is 1. The predicted octanol–water partition coefficient (Wildman–Crippen LogP) is 4.44. The van der Waals surface area contributed by atoms with Gasteiger partial charge in [-0.3, -0.25) is 14.3 Å². The summed E-state index contributed by atoms with van der Waals surface area (Å²) in [6.45, 7) is 6.04. The second kappa shape index (κ2) is 7.07. The van der Waals surface area contributed by atoms with Crippen molar-refractivity contribution in [1.29, 1.82) is 0 Å². The number of hydrogen-bond acceptors (Lipinski definition) is 7. The predicted molar refractivity (Wildman–Crippen MR) is 116 cm³/mol. The number of rotatable bonds is 5. The van der Waals surface area contributed by atoms with Crippen LogP contribution in [0.5, 0.6) is 0 Å². The Kier molecular flexibility index (Phi) is 4.51. The Bertz CT molecular complexity index is 1260. The molecule has 148 valence electrons. The van der Waals surface area contributed by atoms with Crippen molar-refractivity contribution < 1.29 is 0 Å². The van der Waals surface area contributed by atoms with Crippen molar-refractivity contribution in [3.8, 4) is 11.4 Å². The number of aromatic nitrogens is 6. The van der Waals surface area contributed by atoms with Crippen LogP contribution in [0.2, 0.25) is 0 Å². The zero-order chi connectivity index (χ0) is 20.1. The van der Waals surface area contributed by atoms with Crippen molar-refractivity contribution in [2.24, 2.45) is 0 Å². The lowest BCUT2D eigenvalue weighted by atomic mass is 10.2. The molecule has 1 atom stereocenters. The Hall–Kier alpha value is -2.52. The van der Waals surface area contributed by atoms with Crippen LogP contribution in [0.25, 0.3) is 21.6 Å². The van der Waals surface area contributed by atoms with E-state index in [1.807, 2.05) is 39.1 Å². The molecule has 0 radical (unpaired) electrons. The molecule has 0 bridgehead atoms. The summed E-state index contributed by atoms with van der Waals surface area (Å²) < 4.78 is 2.20. The number of aromatic amines is 1. The van der Waals surface area contributed by atoms with Crippen molar-refractivity contribution in [1.82, 2.24) is 29.7 Å². The van der Waals surface area contributed by atoms with Crippen LogP contribution < -0.4 is 5.56 Å². The maximum atomic E-state index is 12.6. The minimum atomic E-state index is -0.0704. The number of thiophene rings is 1. The maximum absolute atomic E-state index is 12.6. The van der Waals surface area contributed by atoms with Gasteiger partial charge < -0.3 is 4.98 Å². The number of pyridine rings is 1. The lowest BCUT2D eigenvalue weighted by molar-refractivity contribution is 0.667. The average molecular weight is 425 g/mol. The van der Waals surface area contributed by atoms with Crippen molar-refractivity contribution in [2.45, 2.75) is 50.1 Å². The zero-order valence-electron chi connectivity index (χ0n) is 16.3. The van der Waals surface area contributed by atoms with Crippen LogP contribution in [0.4, 0.5) is 0 Å². The van der Waals surface area contributed by atoms with Gasteiger partial charge in [0.25, 0.3) is 5.56 Å². The van der Waals surface area contributed by atoms with Crippen LogP contribution >= 0.6 is 23.1 Å². The van der Waals surface area contributed by atoms with Crippen molar-refractivity contribution in [3.05, 3.63) is 51.1 Å². The lowest BCUT2D eigenvalue weighted by Gasteiger charge is -2.12. The molecule has 4 heterocycles. The molecule has 4 aromatic heterocycles. The van der Waals surface area contributed by atoms with Crippen LogP contribution in [0.1, 0.15) is 47.3 Å². The van der Waals surface area contributed by atoms with Crippen molar-refractivity contribution in [3.63, 3.8) is 0 Å². The fourth-order valence-electron chi connectivity index (χ4n) is 3.39. The minimum Gasteiger partial charge on any atom is -0.309 e. The molecule has 1 aliphatic carbocycles. The first-order valence-corrected chi connectivity index (χ1v) is 11.2. The molecule has 1 N–H and O–H groups in total. The Labute approximate surface area is 175 Å². The molecule has 0 unspecified atom stereocenters. The van der Waals surface area contributed by atoms with Gasteiger partial charge in [-0.1, -0.05) is 11.8 Å². The van der Waals surface area contributed by atoms with Crippen LogP contribution in [-0.2, 0) is 0 Å². The molecule has 1 aliphatic rings. The molecule has 29 heavy (non-hydrogen) atoms. The van der Waals surface area contributed by atoms with Crippen LogP contribution in [-0.4, -0.2) is 29.7 Å². The summed E-state index contributed by atoms with van der Waals surface area (Å²) in [5, 5.41) is 10.4. The van der Waals surface area contributed by atoms with Crippen LogP contribution in [0.3, 0.4) is 0 Å². The highest BCUT2D eigenvalue weighted by Crippen LogP contribution is 2.43. The monoisotopic (exact) mass is 424 g/mol. The molecule has 0 aromatic carbocycles. The minimum absolute atomic E-state index is 0.0572. The third-order valence-corrected chi connectivity index (χ3v) is 7.39. The van der Waals surface area contributed by atoms with Crippen molar-refractivity contribution >= 4 is 33.3 Å². The third kappa shape index (κ3) is 3.28. The number of H-pyrrole nitrogens is 1. The second-order valence-corrected chi connectivity index (χ2v) is 9.83. The Morgan fingerprint density at radius 2 is 2.14 bits per heavy atom. The molecule has 4 aromatic rings. The number of nitrogens with one attached hydrogen (secondary N) is 1. The Balaban J connectivity index is 1.50. The Morgan fingerprint density at radius 3 is 2.86 bits per heavy atom. The molecular weight excluding hydrogens is 404 g/mol. The SMILES string of the molecule is Cc1sc2nc([C@@H](C)Sc3nnc(-c4cccnc4)n3C3CC3)[nH]c(=O)c2c1C. The zero-order valence-corrected chi connectivity index (χ0v) is 18.0. The fraction of sp³-hybridized carbons (Fsp3) is 0.350. The average Bonchev–Trinajstić information content (AvgIpc) is 3.40. The molecule has 0 spiro atoms. The number of nitrogens with zero attached hydrogens (tertiary/aromatic N) is 5. The van der Waals surface area contributed by atoms with E-state index in [9.17, 15) is 4.79 Å². The Morgan fingerprint density at radius 1 is 1.31 bits per heavy atom. The molecule has 7 nitrogen and oxygen atoms in total. The van der Waals surface area contributed by atoms with Gasteiger partial charge in [-0.25, -0.2) is 4.98 Å². The van der Waals surface area contributed by atoms with E-state index in [1.165, 1.54) is 0 Å². The van der Waals surface area contributed by atoms with Crippen LogP contribution in [0, 0.1) is 13.8 Å². The quantitative estimate of drug-likeness (QED) is 0.476. The third-order valence-electron chi connectivity index (χ3n) is 5.22. The highest BCUT2D eigenvalue weighted by molar-refractivity contribution is 7.99. The summed E-state index contributed by atoms with van der Waals surface area (Å²) >= 11 is 3.15. The summed E-state index contributed by atoms with van der Waals surface area (Å²) in [5.41, 5.74) is 1.91. The van der Waals surface area contributed by atoms with E-state index in [2.05, 4.69) is 24.7 Å². The van der Waals surface area contributed by atoms with Gasteiger partial charge in [0.15, 0.2) is 11.0 Å².